The first-order valence-corrected chi connectivity index (χ1v) is 7.82. The molecule has 0 radical (unpaired) electrons. The molecule has 0 bridgehead atoms. The van der Waals surface area contributed by atoms with Crippen molar-refractivity contribution in [1.29, 1.82) is 0 Å². The van der Waals surface area contributed by atoms with E-state index in [1.54, 1.807) is 12.1 Å². The number of carbonyl (C=O) groups is 1. The molecule has 2 aromatic carbocycles. The Hall–Kier alpha value is -2.33. The summed E-state index contributed by atoms with van der Waals surface area (Å²) in [6.45, 7) is 3.88. The minimum absolute atomic E-state index is 0.0915. The Morgan fingerprint density at radius 1 is 1.09 bits per heavy atom. The van der Waals surface area contributed by atoms with E-state index >= 15 is 0 Å². The summed E-state index contributed by atoms with van der Waals surface area (Å²) in [6, 6.07) is 15.4. The Bertz CT molecular complexity index is 653. The maximum atomic E-state index is 12.3. The fourth-order valence-corrected chi connectivity index (χ4v) is 2.40. The maximum absolute atomic E-state index is 12.3. The molecule has 0 aromatic heterocycles. The maximum Gasteiger partial charge on any atom is 0.251 e. The third kappa shape index (κ3) is 5.11. The van der Waals surface area contributed by atoms with Gasteiger partial charge in [0.15, 0.2) is 0 Å². The van der Waals surface area contributed by atoms with Gasteiger partial charge in [0.2, 0.25) is 0 Å². The lowest BCUT2D eigenvalue weighted by molar-refractivity contribution is 0.0950. The lowest BCUT2D eigenvalue weighted by Crippen LogP contribution is -2.24. The van der Waals surface area contributed by atoms with Crippen molar-refractivity contribution in [2.45, 2.75) is 20.0 Å². The van der Waals surface area contributed by atoms with Crippen molar-refractivity contribution in [3.8, 4) is 5.75 Å². The van der Waals surface area contributed by atoms with Crippen molar-refractivity contribution in [1.82, 2.24) is 10.2 Å². The Kier molecular flexibility index (Phi) is 6.18. The van der Waals surface area contributed by atoms with E-state index in [0.29, 0.717) is 24.5 Å². The topological polar surface area (TPSA) is 41.6 Å². The highest BCUT2D eigenvalue weighted by molar-refractivity contribution is 5.94. The number of hydrogen-bond donors (Lipinski definition) is 1. The van der Waals surface area contributed by atoms with Gasteiger partial charge >= 0.3 is 0 Å². The summed E-state index contributed by atoms with van der Waals surface area (Å²) in [7, 11) is 4.07. The van der Waals surface area contributed by atoms with Crippen LogP contribution < -0.4 is 10.1 Å². The van der Waals surface area contributed by atoms with Crippen LogP contribution in [0.25, 0.3) is 0 Å². The summed E-state index contributed by atoms with van der Waals surface area (Å²) in [5.41, 5.74) is 2.97. The summed E-state index contributed by atoms with van der Waals surface area (Å²) < 4.78 is 5.44. The van der Waals surface area contributed by atoms with E-state index < -0.39 is 0 Å². The molecule has 1 N–H and O–H groups in total. The smallest absolute Gasteiger partial charge is 0.251 e. The van der Waals surface area contributed by atoms with Gasteiger partial charge in [0, 0.05) is 18.7 Å². The van der Waals surface area contributed by atoms with E-state index in [-0.39, 0.29) is 5.91 Å². The van der Waals surface area contributed by atoms with Gasteiger partial charge in [0.05, 0.1) is 6.61 Å². The van der Waals surface area contributed by atoms with Crippen molar-refractivity contribution < 1.29 is 9.53 Å². The lowest BCUT2D eigenvalue weighted by Gasteiger charge is -2.14. The second-order valence-electron chi connectivity index (χ2n) is 5.65. The van der Waals surface area contributed by atoms with Crippen LogP contribution in [0.4, 0.5) is 0 Å². The Morgan fingerprint density at radius 2 is 1.83 bits per heavy atom. The molecule has 0 unspecified atom stereocenters. The van der Waals surface area contributed by atoms with Crippen molar-refractivity contribution >= 4 is 5.91 Å². The predicted octanol–water partition coefficient (Wildman–Crippen LogP) is 3.08. The molecule has 2 aromatic rings. The molecule has 0 heterocycles. The second-order valence-corrected chi connectivity index (χ2v) is 5.65. The molecule has 0 aliphatic rings. The molecule has 122 valence electrons. The fourth-order valence-electron chi connectivity index (χ4n) is 2.40. The Morgan fingerprint density at radius 3 is 2.52 bits per heavy atom. The van der Waals surface area contributed by atoms with Crippen molar-refractivity contribution in [2.24, 2.45) is 0 Å². The van der Waals surface area contributed by atoms with Crippen molar-refractivity contribution in [3.63, 3.8) is 0 Å². The average molecular weight is 312 g/mol. The number of hydrogen-bond acceptors (Lipinski definition) is 3. The van der Waals surface area contributed by atoms with E-state index in [9.17, 15) is 4.79 Å². The first kappa shape index (κ1) is 17.0. The minimum Gasteiger partial charge on any atom is -0.494 e. The highest BCUT2D eigenvalue weighted by Gasteiger charge is 2.08. The summed E-state index contributed by atoms with van der Waals surface area (Å²) >= 11 is 0. The van der Waals surface area contributed by atoms with E-state index in [4.69, 9.17) is 4.74 Å². The van der Waals surface area contributed by atoms with Crippen LogP contribution in [0.3, 0.4) is 0 Å². The van der Waals surface area contributed by atoms with E-state index in [0.717, 1.165) is 12.1 Å². The zero-order chi connectivity index (χ0) is 16.7. The number of ether oxygens (including phenoxy) is 1. The zero-order valence-electron chi connectivity index (χ0n) is 14.0. The van der Waals surface area contributed by atoms with Gasteiger partial charge in [0.25, 0.3) is 5.91 Å². The Labute approximate surface area is 138 Å². The molecule has 0 saturated carbocycles. The zero-order valence-corrected chi connectivity index (χ0v) is 14.0. The molecule has 4 heteroatoms. The summed E-state index contributed by atoms with van der Waals surface area (Å²) in [5.74, 6) is 0.624. The molecule has 0 aliphatic carbocycles. The number of carbonyl (C=O) groups excluding carboxylic acids is 1. The summed E-state index contributed by atoms with van der Waals surface area (Å²) in [6.07, 6.45) is 0. The van der Waals surface area contributed by atoms with Crippen LogP contribution in [0.2, 0.25) is 0 Å². The molecular weight excluding hydrogens is 288 g/mol. The number of rotatable bonds is 7. The summed E-state index contributed by atoms with van der Waals surface area (Å²) in [5, 5.41) is 2.99. The van der Waals surface area contributed by atoms with Crippen LogP contribution in [-0.2, 0) is 13.1 Å². The van der Waals surface area contributed by atoms with Gasteiger partial charge in [0.1, 0.15) is 5.75 Å². The summed E-state index contributed by atoms with van der Waals surface area (Å²) in [4.78, 5) is 14.4. The number of nitrogens with one attached hydrogen (secondary N) is 1. The van der Waals surface area contributed by atoms with Crippen molar-refractivity contribution in [2.75, 3.05) is 20.7 Å². The van der Waals surface area contributed by atoms with Crippen LogP contribution in [0.15, 0.2) is 48.5 Å². The van der Waals surface area contributed by atoms with Gasteiger partial charge < -0.3 is 15.0 Å². The third-order valence-electron chi connectivity index (χ3n) is 3.45. The van der Waals surface area contributed by atoms with E-state index in [2.05, 4.69) is 22.3 Å². The normalized spacial score (nSPS) is 10.6. The van der Waals surface area contributed by atoms with Gasteiger partial charge in [-0.15, -0.1) is 0 Å². The number of nitrogens with zero attached hydrogens (tertiary/aromatic N) is 1. The molecule has 0 fully saturated rings. The van der Waals surface area contributed by atoms with Crippen LogP contribution >= 0.6 is 0 Å². The second kappa shape index (κ2) is 8.34. The SMILES string of the molecule is CCOc1cccc(C(=O)NCc2ccccc2CN(C)C)c1. The number of benzene rings is 2. The van der Waals surface area contributed by atoms with E-state index in [1.165, 1.54) is 5.56 Å². The highest BCUT2D eigenvalue weighted by atomic mass is 16.5. The first-order chi connectivity index (χ1) is 11.1. The molecule has 0 spiro atoms. The third-order valence-corrected chi connectivity index (χ3v) is 3.45. The standard InChI is InChI=1S/C19H24N2O2/c1-4-23-18-11-7-10-15(12-18)19(22)20-13-16-8-5-6-9-17(16)14-21(2)3/h5-12H,4,13-14H2,1-3H3,(H,20,22). The lowest BCUT2D eigenvalue weighted by atomic mass is 10.1. The average Bonchev–Trinajstić information content (AvgIpc) is 2.54. The van der Waals surface area contributed by atoms with Crippen LogP contribution in [-0.4, -0.2) is 31.5 Å². The Balaban J connectivity index is 2.03. The quantitative estimate of drug-likeness (QED) is 0.854. The number of amides is 1. The van der Waals surface area contributed by atoms with Gasteiger partial charge in [-0.25, -0.2) is 0 Å². The molecule has 0 atom stereocenters. The molecule has 2 rings (SSSR count). The fraction of sp³-hybridized carbons (Fsp3) is 0.316. The molecular formula is C19H24N2O2. The van der Waals surface area contributed by atoms with Gasteiger partial charge in [-0.05, 0) is 50.3 Å². The van der Waals surface area contributed by atoms with Crippen LogP contribution in [0.5, 0.6) is 5.75 Å². The predicted molar refractivity (Wildman–Crippen MR) is 92.6 cm³/mol. The highest BCUT2D eigenvalue weighted by Crippen LogP contribution is 2.14. The van der Waals surface area contributed by atoms with E-state index in [1.807, 2.05) is 45.3 Å². The molecule has 23 heavy (non-hydrogen) atoms. The van der Waals surface area contributed by atoms with Gasteiger partial charge in [-0.3, -0.25) is 4.79 Å². The first-order valence-electron chi connectivity index (χ1n) is 7.82. The molecule has 1 amide bonds. The van der Waals surface area contributed by atoms with Crippen LogP contribution in [0.1, 0.15) is 28.4 Å². The minimum atomic E-state index is -0.0915. The largest absolute Gasteiger partial charge is 0.494 e. The monoisotopic (exact) mass is 312 g/mol. The van der Waals surface area contributed by atoms with Gasteiger partial charge in [-0.1, -0.05) is 30.3 Å². The van der Waals surface area contributed by atoms with Gasteiger partial charge in [-0.2, -0.15) is 0 Å². The van der Waals surface area contributed by atoms with Crippen LogP contribution in [0, 0.1) is 0 Å². The molecule has 0 saturated heterocycles. The van der Waals surface area contributed by atoms with Crippen molar-refractivity contribution in [3.05, 3.63) is 65.2 Å². The molecule has 0 aliphatic heterocycles. The molecule has 4 nitrogen and oxygen atoms in total.